The summed E-state index contributed by atoms with van der Waals surface area (Å²) < 4.78 is 28.7. The highest BCUT2D eigenvalue weighted by atomic mass is 19.2. The van der Waals surface area contributed by atoms with Crippen LogP contribution in [0.2, 0.25) is 0 Å². The molecule has 1 heterocycles. The Kier molecular flexibility index (Phi) is 4.56. The Morgan fingerprint density at radius 3 is 2.58 bits per heavy atom. The Morgan fingerprint density at radius 1 is 1.33 bits per heavy atom. The SMILES string of the molecule is CC(C)C(C(=O)N(C)CC1CCC1)n1cnc2cc(F)c(F)cc21. The fraction of sp³-hybridized carbons (Fsp3) is 0.556. The molecule has 0 spiro atoms. The number of hydrogen-bond acceptors (Lipinski definition) is 2. The molecule has 0 bridgehead atoms. The van der Waals surface area contributed by atoms with Gasteiger partial charge in [0.2, 0.25) is 5.91 Å². The molecule has 6 heteroatoms. The fourth-order valence-corrected chi connectivity index (χ4v) is 3.35. The maximum atomic E-state index is 13.6. The van der Waals surface area contributed by atoms with Gasteiger partial charge in [-0.1, -0.05) is 20.3 Å². The summed E-state index contributed by atoms with van der Waals surface area (Å²) in [6, 6.07) is 1.71. The third-order valence-electron chi connectivity index (χ3n) is 4.93. The predicted octanol–water partition coefficient (Wildman–Crippen LogP) is 3.77. The van der Waals surface area contributed by atoms with Crippen LogP contribution in [-0.4, -0.2) is 34.0 Å². The minimum Gasteiger partial charge on any atom is -0.344 e. The van der Waals surface area contributed by atoms with Crippen LogP contribution in [0.3, 0.4) is 0 Å². The Hall–Kier alpha value is -1.98. The van der Waals surface area contributed by atoms with Gasteiger partial charge in [0.15, 0.2) is 11.6 Å². The van der Waals surface area contributed by atoms with E-state index in [0.717, 1.165) is 18.7 Å². The van der Waals surface area contributed by atoms with Crippen molar-refractivity contribution in [2.45, 2.75) is 39.2 Å². The number of aromatic nitrogens is 2. The Labute approximate surface area is 140 Å². The van der Waals surface area contributed by atoms with E-state index in [1.54, 1.807) is 9.47 Å². The van der Waals surface area contributed by atoms with E-state index < -0.39 is 17.7 Å². The van der Waals surface area contributed by atoms with E-state index in [1.807, 2.05) is 20.9 Å². The highest BCUT2D eigenvalue weighted by molar-refractivity contribution is 5.84. The molecular formula is C18H23F2N3O. The lowest BCUT2D eigenvalue weighted by Crippen LogP contribution is -2.40. The highest BCUT2D eigenvalue weighted by Gasteiger charge is 2.30. The molecule has 1 aliphatic carbocycles. The normalized spacial score (nSPS) is 16.4. The zero-order valence-corrected chi connectivity index (χ0v) is 14.3. The van der Waals surface area contributed by atoms with E-state index in [-0.39, 0.29) is 11.8 Å². The van der Waals surface area contributed by atoms with Gasteiger partial charge < -0.3 is 9.47 Å². The topological polar surface area (TPSA) is 38.1 Å². The first-order valence-corrected chi connectivity index (χ1v) is 8.45. The van der Waals surface area contributed by atoms with Gasteiger partial charge in [-0.3, -0.25) is 4.79 Å². The summed E-state index contributed by atoms with van der Waals surface area (Å²) in [5.74, 6) is -1.28. The molecule has 130 valence electrons. The second kappa shape index (κ2) is 6.49. The average Bonchev–Trinajstić information content (AvgIpc) is 2.86. The van der Waals surface area contributed by atoms with Crippen molar-refractivity contribution < 1.29 is 13.6 Å². The lowest BCUT2D eigenvalue weighted by atomic mass is 9.85. The van der Waals surface area contributed by atoms with Crippen molar-refractivity contribution in [2.24, 2.45) is 11.8 Å². The molecule has 1 aliphatic rings. The molecule has 1 aromatic carbocycles. The average molecular weight is 335 g/mol. The summed E-state index contributed by atoms with van der Waals surface area (Å²) >= 11 is 0. The number of carbonyl (C=O) groups excluding carboxylic acids is 1. The highest BCUT2D eigenvalue weighted by Crippen LogP contribution is 2.30. The van der Waals surface area contributed by atoms with Gasteiger partial charge in [-0.05, 0) is 24.7 Å². The minimum atomic E-state index is -0.929. The van der Waals surface area contributed by atoms with Crippen LogP contribution in [0.5, 0.6) is 0 Å². The number of nitrogens with zero attached hydrogens (tertiary/aromatic N) is 3. The molecule has 1 saturated carbocycles. The summed E-state index contributed by atoms with van der Waals surface area (Å²) in [5, 5.41) is 0. The Bertz CT molecular complexity index is 752. The molecule has 0 radical (unpaired) electrons. The molecule has 1 aromatic heterocycles. The molecular weight excluding hydrogens is 312 g/mol. The number of imidazole rings is 1. The van der Waals surface area contributed by atoms with Gasteiger partial charge >= 0.3 is 0 Å². The Balaban J connectivity index is 1.93. The first-order chi connectivity index (χ1) is 11.4. The van der Waals surface area contributed by atoms with Gasteiger partial charge in [-0.2, -0.15) is 0 Å². The molecule has 4 nitrogen and oxygen atoms in total. The second-order valence-corrected chi connectivity index (χ2v) is 7.11. The van der Waals surface area contributed by atoms with Crippen LogP contribution in [-0.2, 0) is 4.79 Å². The molecule has 1 amide bonds. The van der Waals surface area contributed by atoms with E-state index in [1.165, 1.54) is 25.6 Å². The van der Waals surface area contributed by atoms with Crippen LogP contribution < -0.4 is 0 Å². The van der Waals surface area contributed by atoms with Crippen molar-refractivity contribution in [3.05, 3.63) is 30.1 Å². The number of fused-ring (bicyclic) bond motifs is 1. The van der Waals surface area contributed by atoms with Gasteiger partial charge in [-0.15, -0.1) is 0 Å². The number of rotatable bonds is 5. The maximum Gasteiger partial charge on any atom is 0.245 e. The van der Waals surface area contributed by atoms with Gasteiger partial charge in [-0.25, -0.2) is 13.8 Å². The van der Waals surface area contributed by atoms with Gasteiger partial charge in [0.25, 0.3) is 0 Å². The summed E-state index contributed by atoms with van der Waals surface area (Å²) in [7, 11) is 1.81. The van der Waals surface area contributed by atoms with Crippen molar-refractivity contribution in [3.63, 3.8) is 0 Å². The number of amides is 1. The van der Waals surface area contributed by atoms with Crippen LogP contribution >= 0.6 is 0 Å². The van der Waals surface area contributed by atoms with Crippen molar-refractivity contribution >= 4 is 16.9 Å². The lowest BCUT2D eigenvalue weighted by molar-refractivity contribution is -0.135. The third-order valence-corrected chi connectivity index (χ3v) is 4.93. The third kappa shape index (κ3) is 3.01. The molecule has 1 unspecified atom stereocenters. The van der Waals surface area contributed by atoms with E-state index in [9.17, 15) is 13.6 Å². The number of benzene rings is 1. The van der Waals surface area contributed by atoms with Crippen LogP contribution in [0.1, 0.15) is 39.2 Å². The largest absolute Gasteiger partial charge is 0.344 e. The zero-order valence-electron chi connectivity index (χ0n) is 14.3. The first-order valence-electron chi connectivity index (χ1n) is 8.45. The summed E-state index contributed by atoms with van der Waals surface area (Å²) in [5.41, 5.74) is 0.798. The zero-order chi connectivity index (χ0) is 17.4. The smallest absolute Gasteiger partial charge is 0.245 e. The molecule has 2 aromatic rings. The van der Waals surface area contributed by atoms with Crippen molar-refractivity contribution in [2.75, 3.05) is 13.6 Å². The number of hydrogen-bond donors (Lipinski definition) is 0. The van der Waals surface area contributed by atoms with Gasteiger partial charge in [0.1, 0.15) is 6.04 Å². The van der Waals surface area contributed by atoms with E-state index >= 15 is 0 Å². The standard InChI is InChI=1S/C18H23F2N3O/c1-11(2)17(18(24)22(3)9-12-5-4-6-12)23-10-21-15-7-13(19)14(20)8-16(15)23/h7-8,10-12,17H,4-6,9H2,1-3H3. The lowest BCUT2D eigenvalue weighted by Gasteiger charge is -2.33. The molecule has 24 heavy (non-hydrogen) atoms. The van der Waals surface area contributed by atoms with E-state index in [4.69, 9.17) is 0 Å². The number of halogens is 2. The Morgan fingerprint density at radius 2 is 2.00 bits per heavy atom. The number of likely N-dealkylation sites (N-methyl/N-ethyl adjacent to an activating group) is 1. The predicted molar refractivity (Wildman–Crippen MR) is 88.5 cm³/mol. The van der Waals surface area contributed by atoms with Crippen molar-refractivity contribution in [1.29, 1.82) is 0 Å². The second-order valence-electron chi connectivity index (χ2n) is 7.11. The van der Waals surface area contributed by atoms with Gasteiger partial charge in [0.05, 0.1) is 17.4 Å². The van der Waals surface area contributed by atoms with Crippen molar-refractivity contribution in [3.8, 4) is 0 Å². The van der Waals surface area contributed by atoms with Crippen LogP contribution in [0.15, 0.2) is 18.5 Å². The first kappa shape index (κ1) is 16.9. The monoisotopic (exact) mass is 335 g/mol. The summed E-state index contributed by atoms with van der Waals surface area (Å²) in [6.07, 6.45) is 5.07. The fourth-order valence-electron chi connectivity index (χ4n) is 3.35. The number of carbonyl (C=O) groups is 1. The van der Waals surface area contributed by atoms with Crippen LogP contribution in [0.25, 0.3) is 11.0 Å². The molecule has 1 fully saturated rings. The van der Waals surface area contributed by atoms with Crippen LogP contribution in [0.4, 0.5) is 8.78 Å². The maximum absolute atomic E-state index is 13.6. The molecule has 0 saturated heterocycles. The summed E-state index contributed by atoms with van der Waals surface area (Å²) in [4.78, 5) is 18.9. The van der Waals surface area contributed by atoms with Crippen molar-refractivity contribution in [1.82, 2.24) is 14.5 Å². The molecule has 3 rings (SSSR count). The molecule has 0 aliphatic heterocycles. The van der Waals surface area contributed by atoms with Gasteiger partial charge in [0, 0.05) is 25.7 Å². The summed E-state index contributed by atoms with van der Waals surface area (Å²) in [6.45, 7) is 4.65. The van der Waals surface area contributed by atoms with E-state index in [2.05, 4.69) is 4.98 Å². The minimum absolute atomic E-state index is 0.00635. The molecule has 0 N–H and O–H groups in total. The van der Waals surface area contributed by atoms with Crippen LogP contribution in [0, 0.1) is 23.5 Å². The molecule has 1 atom stereocenters. The van der Waals surface area contributed by atoms with E-state index in [0.29, 0.717) is 17.0 Å². The quantitative estimate of drug-likeness (QED) is 0.834.